The van der Waals surface area contributed by atoms with Gasteiger partial charge in [0.1, 0.15) is 12.0 Å². The summed E-state index contributed by atoms with van der Waals surface area (Å²) in [5.41, 5.74) is 1.48. The number of anilines is 1. The molecule has 1 unspecified atom stereocenters. The van der Waals surface area contributed by atoms with E-state index >= 15 is 0 Å². The number of pyridine rings is 1. The minimum atomic E-state index is -4.51. The van der Waals surface area contributed by atoms with E-state index in [9.17, 15) is 32.3 Å². The van der Waals surface area contributed by atoms with Gasteiger partial charge in [0.2, 0.25) is 0 Å². The van der Waals surface area contributed by atoms with Gasteiger partial charge < -0.3 is 19.7 Å². The van der Waals surface area contributed by atoms with E-state index in [2.05, 4.69) is 10.3 Å². The summed E-state index contributed by atoms with van der Waals surface area (Å²) in [6.07, 6.45) is -2.38. The summed E-state index contributed by atoms with van der Waals surface area (Å²) in [6, 6.07) is 17.8. The van der Waals surface area contributed by atoms with Crippen molar-refractivity contribution in [2.45, 2.75) is 44.7 Å². The standard InChI is InChI=1S/C38H36F3N3O6/c1-5-49-36(48)37(18-17-25-9-7-19-42-33(25)37)22-50-31(45)21-26-8-6-10-30(32(26)35(47)44(3)4)43-34(46)28-16-11-23(2)20-29(28)24-12-14-27(15-13-24)38(39,40)41/h6-16,19-20H,5,17-18,21-22H2,1-4H3,(H,43,46). The van der Waals surface area contributed by atoms with E-state index in [-0.39, 0.29) is 42.0 Å². The Labute approximate surface area is 287 Å². The number of nitrogens with zero attached hydrogens (tertiary/aromatic N) is 2. The Morgan fingerprint density at radius 2 is 1.70 bits per heavy atom. The van der Waals surface area contributed by atoms with Gasteiger partial charge in [0.25, 0.3) is 11.8 Å². The number of carbonyl (C=O) groups is 4. The molecular weight excluding hydrogens is 651 g/mol. The van der Waals surface area contributed by atoms with Crippen molar-refractivity contribution in [1.82, 2.24) is 9.88 Å². The lowest BCUT2D eigenvalue weighted by Crippen LogP contribution is -2.41. The quantitative estimate of drug-likeness (QED) is 0.188. The lowest BCUT2D eigenvalue weighted by Gasteiger charge is -2.26. The second-order valence-corrected chi connectivity index (χ2v) is 12.3. The first kappa shape index (κ1) is 35.8. The number of aromatic nitrogens is 1. The highest BCUT2D eigenvalue weighted by Crippen LogP contribution is 2.39. The fourth-order valence-corrected chi connectivity index (χ4v) is 6.07. The molecule has 0 aliphatic heterocycles. The molecule has 0 saturated heterocycles. The number of fused-ring (bicyclic) bond motifs is 1. The largest absolute Gasteiger partial charge is 0.465 e. The zero-order valence-corrected chi connectivity index (χ0v) is 28.0. The molecule has 1 heterocycles. The van der Waals surface area contributed by atoms with Gasteiger partial charge in [-0.05, 0) is 79.3 Å². The van der Waals surface area contributed by atoms with Crippen molar-refractivity contribution < 1.29 is 41.8 Å². The van der Waals surface area contributed by atoms with E-state index < -0.39 is 40.9 Å². The Morgan fingerprint density at radius 3 is 2.38 bits per heavy atom. The van der Waals surface area contributed by atoms with Crippen LogP contribution in [0.5, 0.6) is 0 Å². The van der Waals surface area contributed by atoms with E-state index in [4.69, 9.17) is 9.47 Å². The maximum absolute atomic E-state index is 13.8. The van der Waals surface area contributed by atoms with Gasteiger partial charge in [0, 0.05) is 25.9 Å². The van der Waals surface area contributed by atoms with Crippen LogP contribution in [0.3, 0.4) is 0 Å². The molecule has 50 heavy (non-hydrogen) atoms. The molecule has 3 aromatic carbocycles. The highest BCUT2D eigenvalue weighted by atomic mass is 19.4. The minimum absolute atomic E-state index is 0.0546. The van der Waals surface area contributed by atoms with Crippen LogP contribution < -0.4 is 5.32 Å². The van der Waals surface area contributed by atoms with E-state index in [1.54, 1.807) is 56.4 Å². The lowest BCUT2D eigenvalue weighted by atomic mass is 9.86. The third kappa shape index (κ3) is 7.39. The predicted molar refractivity (Wildman–Crippen MR) is 180 cm³/mol. The normalized spacial score (nSPS) is 15.2. The first-order valence-corrected chi connectivity index (χ1v) is 16.0. The number of ether oxygens (including phenoxy) is 2. The molecule has 0 bridgehead atoms. The van der Waals surface area contributed by atoms with Crippen LogP contribution in [0, 0.1) is 6.92 Å². The second kappa shape index (κ2) is 14.5. The average Bonchev–Trinajstić information content (AvgIpc) is 3.46. The van der Waals surface area contributed by atoms with Gasteiger partial charge in [0.15, 0.2) is 0 Å². The van der Waals surface area contributed by atoms with Crippen LogP contribution in [0.2, 0.25) is 0 Å². The zero-order chi connectivity index (χ0) is 36.2. The van der Waals surface area contributed by atoms with Crippen molar-refractivity contribution >= 4 is 29.4 Å². The molecule has 2 amide bonds. The molecule has 4 aromatic rings. The smallest absolute Gasteiger partial charge is 0.416 e. The fraction of sp³-hybridized carbons (Fsp3) is 0.289. The van der Waals surface area contributed by atoms with Crippen molar-refractivity contribution in [2.75, 3.05) is 32.6 Å². The Balaban J connectivity index is 1.42. The molecule has 1 aliphatic carbocycles. The maximum Gasteiger partial charge on any atom is 0.416 e. The molecule has 12 heteroatoms. The molecule has 0 saturated carbocycles. The van der Waals surface area contributed by atoms with Gasteiger partial charge in [-0.1, -0.05) is 48.0 Å². The fourth-order valence-electron chi connectivity index (χ4n) is 6.07. The van der Waals surface area contributed by atoms with E-state index in [1.807, 2.05) is 6.07 Å². The highest BCUT2D eigenvalue weighted by Gasteiger charge is 2.49. The van der Waals surface area contributed by atoms with E-state index in [0.29, 0.717) is 29.7 Å². The number of aryl methyl sites for hydroxylation is 2. The van der Waals surface area contributed by atoms with Crippen LogP contribution in [0.1, 0.15) is 62.0 Å². The summed E-state index contributed by atoms with van der Waals surface area (Å²) in [6.45, 7) is 3.32. The molecule has 1 N–H and O–H groups in total. The van der Waals surface area contributed by atoms with Crippen LogP contribution in [-0.4, -0.2) is 60.9 Å². The Bertz CT molecular complexity index is 1940. The first-order chi connectivity index (χ1) is 23.7. The number of hydrogen-bond acceptors (Lipinski definition) is 7. The summed E-state index contributed by atoms with van der Waals surface area (Å²) in [4.78, 5) is 59.5. The summed E-state index contributed by atoms with van der Waals surface area (Å²) in [5, 5.41) is 2.78. The monoisotopic (exact) mass is 687 g/mol. The summed E-state index contributed by atoms with van der Waals surface area (Å²) < 4.78 is 50.7. The number of benzene rings is 3. The third-order valence-electron chi connectivity index (χ3n) is 8.61. The molecule has 9 nitrogen and oxygen atoms in total. The number of amides is 2. The number of alkyl halides is 3. The topological polar surface area (TPSA) is 115 Å². The van der Waals surface area contributed by atoms with Crippen molar-refractivity contribution in [2.24, 2.45) is 0 Å². The molecule has 1 atom stereocenters. The lowest BCUT2D eigenvalue weighted by molar-refractivity contribution is -0.157. The third-order valence-corrected chi connectivity index (χ3v) is 8.61. The number of carbonyl (C=O) groups excluding carboxylic acids is 4. The van der Waals surface area contributed by atoms with Gasteiger partial charge >= 0.3 is 18.1 Å². The molecule has 260 valence electrons. The molecule has 0 radical (unpaired) electrons. The van der Waals surface area contributed by atoms with Crippen LogP contribution in [0.4, 0.5) is 18.9 Å². The van der Waals surface area contributed by atoms with E-state index in [1.165, 1.54) is 37.2 Å². The highest BCUT2D eigenvalue weighted by molar-refractivity contribution is 6.12. The molecule has 1 aromatic heterocycles. The Hall–Kier alpha value is -5.52. The van der Waals surface area contributed by atoms with Gasteiger partial charge in [-0.2, -0.15) is 13.2 Å². The zero-order valence-electron chi connectivity index (χ0n) is 28.0. The number of rotatable bonds is 10. The first-order valence-electron chi connectivity index (χ1n) is 16.0. The van der Waals surface area contributed by atoms with Crippen LogP contribution in [0.15, 0.2) is 79.0 Å². The summed E-state index contributed by atoms with van der Waals surface area (Å²) in [5.74, 6) is -2.36. The molecule has 0 spiro atoms. The SMILES string of the molecule is CCOC(=O)C1(COC(=O)Cc2cccc(NC(=O)c3ccc(C)cc3-c3ccc(C(F)(F)F)cc3)c2C(=O)N(C)C)CCc2cccnc21. The predicted octanol–water partition coefficient (Wildman–Crippen LogP) is 6.56. The molecule has 1 aliphatic rings. The Morgan fingerprint density at radius 1 is 0.960 bits per heavy atom. The van der Waals surface area contributed by atoms with Gasteiger partial charge in [-0.15, -0.1) is 0 Å². The molecule has 5 rings (SSSR count). The summed E-state index contributed by atoms with van der Waals surface area (Å²) >= 11 is 0. The molecular formula is C38H36F3N3O6. The van der Waals surface area contributed by atoms with Crippen molar-refractivity contribution in [3.63, 3.8) is 0 Å². The number of esters is 2. The van der Waals surface area contributed by atoms with Crippen molar-refractivity contribution in [3.05, 3.63) is 118 Å². The minimum Gasteiger partial charge on any atom is -0.465 e. The van der Waals surface area contributed by atoms with Crippen LogP contribution in [-0.2, 0) is 43.5 Å². The number of hydrogen-bond donors (Lipinski definition) is 1. The van der Waals surface area contributed by atoms with E-state index in [0.717, 1.165) is 23.3 Å². The van der Waals surface area contributed by atoms with Crippen molar-refractivity contribution in [3.8, 4) is 11.1 Å². The van der Waals surface area contributed by atoms with Gasteiger partial charge in [-0.25, -0.2) is 0 Å². The van der Waals surface area contributed by atoms with Crippen LogP contribution in [0.25, 0.3) is 11.1 Å². The van der Waals surface area contributed by atoms with Gasteiger partial charge in [0.05, 0.1) is 35.5 Å². The maximum atomic E-state index is 13.8. The number of nitrogens with one attached hydrogen (secondary N) is 1. The van der Waals surface area contributed by atoms with Gasteiger partial charge in [-0.3, -0.25) is 24.2 Å². The average molecular weight is 688 g/mol. The van der Waals surface area contributed by atoms with Crippen molar-refractivity contribution in [1.29, 1.82) is 0 Å². The second-order valence-electron chi connectivity index (χ2n) is 12.3. The Kier molecular flexibility index (Phi) is 10.4. The summed E-state index contributed by atoms with van der Waals surface area (Å²) in [7, 11) is 3.05. The van der Waals surface area contributed by atoms with Crippen LogP contribution >= 0.6 is 0 Å². The number of halogens is 3. The molecule has 0 fully saturated rings.